The first kappa shape index (κ1) is 14.5. The van der Waals surface area contributed by atoms with Crippen molar-refractivity contribution >= 4 is 17.4 Å². The van der Waals surface area contributed by atoms with Crippen LogP contribution in [0.1, 0.15) is 16.2 Å². The number of imidazole rings is 1. The molecule has 0 fully saturated rings. The highest BCUT2D eigenvalue weighted by Crippen LogP contribution is 2.11. The van der Waals surface area contributed by atoms with E-state index in [4.69, 9.17) is 11.6 Å². The third-order valence-corrected chi connectivity index (χ3v) is 3.93. The molecule has 3 aromatic rings. The number of halogens is 1. The zero-order valence-electron chi connectivity index (χ0n) is 12.2. The highest BCUT2D eigenvalue weighted by molar-refractivity contribution is 6.30. The van der Waals surface area contributed by atoms with Gasteiger partial charge in [-0.25, -0.2) is 9.13 Å². The quantitative estimate of drug-likeness (QED) is 0.534. The first-order valence-electron chi connectivity index (χ1n) is 7.07. The highest BCUT2D eigenvalue weighted by Gasteiger charge is 2.17. The molecule has 2 aromatic carbocycles. The summed E-state index contributed by atoms with van der Waals surface area (Å²) in [5, 5.41) is 0.635. The molecule has 0 N–H and O–H groups in total. The first-order chi connectivity index (χ1) is 10.6. The summed E-state index contributed by atoms with van der Waals surface area (Å²) in [6.07, 6.45) is 3.90. The fourth-order valence-corrected chi connectivity index (χ4v) is 2.54. The van der Waals surface area contributed by atoms with Crippen molar-refractivity contribution in [1.29, 1.82) is 0 Å². The van der Waals surface area contributed by atoms with Crippen molar-refractivity contribution in [2.24, 2.45) is 0 Å². The lowest BCUT2D eigenvalue weighted by Gasteiger charge is -2.02. The summed E-state index contributed by atoms with van der Waals surface area (Å²) in [6.45, 7) is 2.31. The maximum absolute atomic E-state index is 12.4. The van der Waals surface area contributed by atoms with E-state index in [1.54, 1.807) is 24.3 Å². The van der Waals surface area contributed by atoms with Crippen molar-refractivity contribution < 1.29 is 9.36 Å². The fourth-order valence-electron chi connectivity index (χ4n) is 2.41. The number of aromatic nitrogens is 2. The Kier molecular flexibility index (Phi) is 4.07. The number of para-hydroxylation sites is 1. The second kappa shape index (κ2) is 6.16. The van der Waals surface area contributed by atoms with Gasteiger partial charge in [0.25, 0.3) is 5.82 Å². The van der Waals surface area contributed by atoms with Crippen LogP contribution in [0.4, 0.5) is 0 Å². The van der Waals surface area contributed by atoms with Gasteiger partial charge in [-0.15, -0.1) is 0 Å². The van der Waals surface area contributed by atoms with E-state index in [9.17, 15) is 4.79 Å². The molecular weight excluding hydrogens is 296 g/mol. The number of carbonyl (C=O) groups is 1. The summed E-state index contributed by atoms with van der Waals surface area (Å²) in [5.74, 6) is 1.07. The third-order valence-electron chi connectivity index (χ3n) is 3.67. The van der Waals surface area contributed by atoms with Crippen LogP contribution in [0.15, 0.2) is 67.0 Å². The molecule has 0 radical (unpaired) electrons. The van der Waals surface area contributed by atoms with Gasteiger partial charge in [-0.1, -0.05) is 29.8 Å². The van der Waals surface area contributed by atoms with Gasteiger partial charge in [0.2, 0.25) is 5.78 Å². The zero-order valence-corrected chi connectivity index (χ0v) is 13.0. The molecule has 110 valence electrons. The van der Waals surface area contributed by atoms with Crippen molar-refractivity contribution in [3.8, 4) is 5.69 Å². The highest BCUT2D eigenvalue weighted by atomic mass is 35.5. The fraction of sp³-hybridized carbons (Fsp3) is 0.111. The first-order valence-corrected chi connectivity index (χ1v) is 7.44. The largest absolute Gasteiger partial charge is 0.290 e. The monoisotopic (exact) mass is 311 g/mol. The number of hydrogen-bond donors (Lipinski definition) is 0. The Morgan fingerprint density at radius 3 is 2.45 bits per heavy atom. The lowest BCUT2D eigenvalue weighted by atomic mass is 10.1. The maximum atomic E-state index is 12.4. The topological polar surface area (TPSA) is 25.9 Å². The Hall–Kier alpha value is -2.39. The van der Waals surface area contributed by atoms with Crippen LogP contribution < -0.4 is 4.57 Å². The number of rotatable bonds is 4. The van der Waals surface area contributed by atoms with Gasteiger partial charge in [-0.2, -0.15) is 0 Å². The minimum atomic E-state index is 0.0654. The van der Waals surface area contributed by atoms with E-state index in [0.29, 0.717) is 17.1 Å². The molecule has 1 aromatic heterocycles. The number of carbonyl (C=O) groups excluding carboxylic acids is 1. The Balaban J connectivity index is 1.83. The van der Waals surface area contributed by atoms with Crippen LogP contribution in [-0.2, 0) is 6.54 Å². The average Bonchev–Trinajstić information content (AvgIpc) is 2.90. The van der Waals surface area contributed by atoms with Crippen LogP contribution in [0.25, 0.3) is 5.69 Å². The van der Waals surface area contributed by atoms with Gasteiger partial charge < -0.3 is 0 Å². The normalized spacial score (nSPS) is 10.6. The molecule has 0 saturated heterocycles. The number of Topliss-reactive ketones (excluding diaryl/α,β-unsaturated/α-hetero) is 1. The summed E-state index contributed by atoms with van der Waals surface area (Å²) in [7, 11) is 0. The molecule has 0 atom stereocenters. The summed E-state index contributed by atoms with van der Waals surface area (Å²) in [4.78, 5) is 12.4. The minimum absolute atomic E-state index is 0.0654. The van der Waals surface area contributed by atoms with Crippen LogP contribution >= 0.6 is 11.6 Å². The van der Waals surface area contributed by atoms with E-state index in [1.165, 1.54) is 0 Å². The van der Waals surface area contributed by atoms with Gasteiger partial charge >= 0.3 is 0 Å². The standard InChI is InChI=1S/C18H16ClN2O/c1-14-20(11-12-21(14)17-5-3-2-4-6-17)13-18(22)15-7-9-16(19)10-8-15/h2-12H,13H2,1H3/q+1. The van der Waals surface area contributed by atoms with E-state index >= 15 is 0 Å². The van der Waals surface area contributed by atoms with Crippen molar-refractivity contribution in [2.75, 3.05) is 0 Å². The Labute approximate surface area is 134 Å². The van der Waals surface area contributed by atoms with Gasteiger partial charge in [0.1, 0.15) is 18.1 Å². The molecule has 0 saturated carbocycles. The van der Waals surface area contributed by atoms with Crippen LogP contribution in [0, 0.1) is 6.92 Å². The molecule has 0 spiro atoms. The molecule has 0 aliphatic rings. The molecule has 22 heavy (non-hydrogen) atoms. The third kappa shape index (κ3) is 2.95. The van der Waals surface area contributed by atoms with Crippen LogP contribution in [0.5, 0.6) is 0 Å². The van der Waals surface area contributed by atoms with Crippen LogP contribution in [0.3, 0.4) is 0 Å². The second-order valence-corrected chi connectivity index (χ2v) is 5.55. The molecule has 0 bridgehead atoms. The average molecular weight is 312 g/mol. The van der Waals surface area contributed by atoms with Gasteiger partial charge in [0.15, 0.2) is 6.54 Å². The smallest absolute Gasteiger partial charge is 0.258 e. The molecule has 0 amide bonds. The van der Waals surface area contributed by atoms with Crippen molar-refractivity contribution in [3.05, 3.63) is 83.4 Å². The number of nitrogens with zero attached hydrogens (tertiary/aromatic N) is 2. The zero-order chi connectivity index (χ0) is 15.5. The summed E-state index contributed by atoms with van der Waals surface area (Å²) < 4.78 is 4.01. The predicted octanol–water partition coefficient (Wildman–Crippen LogP) is 3.61. The van der Waals surface area contributed by atoms with E-state index in [-0.39, 0.29) is 5.78 Å². The van der Waals surface area contributed by atoms with Crippen molar-refractivity contribution in [3.63, 3.8) is 0 Å². The van der Waals surface area contributed by atoms with E-state index in [0.717, 1.165) is 11.5 Å². The molecule has 3 nitrogen and oxygen atoms in total. The number of hydrogen-bond acceptors (Lipinski definition) is 1. The Morgan fingerprint density at radius 1 is 1.09 bits per heavy atom. The number of benzene rings is 2. The molecule has 0 aliphatic carbocycles. The molecule has 0 unspecified atom stereocenters. The minimum Gasteiger partial charge on any atom is -0.290 e. The summed E-state index contributed by atoms with van der Waals surface area (Å²) >= 11 is 5.85. The Morgan fingerprint density at radius 2 is 1.77 bits per heavy atom. The van der Waals surface area contributed by atoms with E-state index in [2.05, 4.69) is 4.57 Å². The van der Waals surface area contributed by atoms with Crippen LogP contribution in [0.2, 0.25) is 5.02 Å². The molecular formula is C18H16ClN2O+. The van der Waals surface area contributed by atoms with Gasteiger partial charge in [-0.3, -0.25) is 4.79 Å². The molecule has 3 rings (SSSR count). The lowest BCUT2D eigenvalue weighted by Crippen LogP contribution is -2.32. The second-order valence-electron chi connectivity index (χ2n) is 5.11. The SMILES string of the molecule is Cc1n(CC(=O)c2ccc(Cl)cc2)cc[n+]1-c1ccccc1. The van der Waals surface area contributed by atoms with Crippen molar-refractivity contribution in [2.45, 2.75) is 13.5 Å². The van der Waals surface area contributed by atoms with Crippen LogP contribution in [-0.4, -0.2) is 10.4 Å². The van der Waals surface area contributed by atoms with Gasteiger partial charge in [-0.05, 0) is 36.4 Å². The molecule has 4 heteroatoms. The molecule has 0 aliphatic heterocycles. The van der Waals surface area contributed by atoms with Crippen molar-refractivity contribution in [1.82, 2.24) is 4.57 Å². The Bertz CT molecular complexity index is 792. The summed E-state index contributed by atoms with van der Waals surface area (Å²) in [5.41, 5.74) is 1.75. The van der Waals surface area contributed by atoms with E-state index in [1.807, 2.05) is 54.2 Å². The number of ketones is 1. The predicted molar refractivity (Wildman–Crippen MR) is 86.5 cm³/mol. The molecule has 1 heterocycles. The maximum Gasteiger partial charge on any atom is 0.258 e. The summed E-state index contributed by atoms with van der Waals surface area (Å²) in [6, 6.07) is 17.1. The van der Waals surface area contributed by atoms with Gasteiger partial charge in [0.05, 0.1) is 0 Å². The van der Waals surface area contributed by atoms with Gasteiger partial charge in [0, 0.05) is 17.5 Å². The lowest BCUT2D eigenvalue weighted by molar-refractivity contribution is -0.602. The van der Waals surface area contributed by atoms with E-state index < -0.39 is 0 Å².